The van der Waals surface area contributed by atoms with Crippen molar-refractivity contribution in [1.29, 1.82) is 0 Å². The number of terminal acetylenes is 1. The molecule has 1 rings (SSSR count). The molecule has 5 nitrogen and oxygen atoms in total. The summed E-state index contributed by atoms with van der Waals surface area (Å²) in [5, 5.41) is 0. The van der Waals surface area contributed by atoms with Gasteiger partial charge >= 0.3 is 0 Å². The summed E-state index contributed by atoms with van der Waals surface area (Å²) in [6, 6.07) is 1.61. The van der Waals surface area contributed by atoms with Crippen molar-refractivity contribution in [3.05, 3.63) is 18.0 Å². The summed E-state index contributed by atoms with van der Waals surface area (Å²) in [6.45, 7) is 3.15. The zero-order chi connectivity index (χ0) is 13.8. The molecular formula is C12H19N3O2S. The smallest absolute Gasteiger partial charge is 0.245 e. The normalized spacial score (nSPS) is 11.7. The van der Waals surface area contributed by atoms with Gasteiger partial charge in [-0.25, -0.2) is 8.42 Å². The molecule has 18 heavy (non-hydrogen) atoms. The highest BCUT2D eigenvalue weighted by Crippen LogP contribution is 2.18. The minimum Gasteiger partial charge on any atom is -0.349 e. The Morgan fingerprint density at radius 1 is 1.56 bits per heavy atom. The fourth-order valence-electron chi connectivity index (χ4n) is 1.68. The van der Waals surface area contributed by atoms with Gasteiger partial charge in [0.05, 0.1) is 6.54 Å². The molecule has 0 unspecified atom stereocenters. The summed E-state index contributed by atoms with van der Waals surface area (Å²) in [6.07, 6.45) is 7.67. The van der Waals surface area contributed by atoms with E-state index in [0.717, 1.165) is 23.0 Å². The van der Waals surface area contributed by atoms with Crippen LogP contribution in [0.25, 0.3) is 0 Å². The Morgan fingerprint density at radius 3 is 2.72 bits per heavy atom. The summed E-state index contributed by atoms with van der Waals surface area (Å²) >= 11 is 0. The van der Waals surface area contributed by atoms with Crippen LogP contribution in [0.15, 0.2) is 17.2 Å². The lowest BCUT2D eigenvalue weighted by atomic mass is 10.4. The number of aryl methyl sites for hydroxylation is 1. The lowest BCUT2D eigenvalue weighted by Crippen LogP contribution is -2.26. The number of nitrogens with two attached hydrogens (primary N) is 1. The van der Waals surface area contributed by atoms with E-state index < -0.39 is 10.0 Å². The molecule has 0 aliphatic carbocycles. The van der Waals surface area contributed by atoms with Crippen molar-refractivity contribution in [3.8, 4) is 12.3 Å². The molecular weight excluding hydrogens is 250 g/mol. The summed E-state index contributed by atoms with van der Waals surface area (Å²) in [5.74, 6) is 2.32. The maximum Gasteiger partial charge on any atom is 0.245 e. The second kappa shape index (κ2) is 6.05. The van der Waals surface area contributed by atoms with Gasteiger partial charge in [-0.05, 0) is 12.5 Å². The minimum absolute atomic E-state index is 0.0548. The maximum absolute atomic E-state index is 12.2. The first kappa shape index (κ1) is 14.8. The van der Waals surface area contributed by atoms with E-state index in [-0.39, 0.29) is 11.4 Å². The van der Waals surface area contributed by atoms with Crippen LogP contribution in [0.5, 0.6) is 0 Å². The minimum atomic E-state index is -3.52. The average molecular weight is 269 g/mol. The van der Waals surface area contributed by atoms with Crippen LogP contribution >= 0.6 is 0 Å². The largest absolute Gasteiger partial charge is 0.349 e. The Bertz CT molecular complexity index is 540. The molecule has 100 valence electrons. The monoisotopic (exact) mass is 269 g/mol. The van der Waals surface area contributed by atoms with Crippen LogP contribution < -0.4 is 5.73 Å². The number of nitrogens with zero attached hydrogens (tertiary/aromatic N) is 2. The molecule has 0 bridgehead atoms. The van der Waals surface area contributed by atoms with Crippen molar-refractivity contribution < 1.29 is 8.42 Å². The molecule has 0 saturated heterocycles. The van der Waals surface area contributed by atoms with E-state index in [1.165, 1.54) is 7.05 Å². The van der Waals surface area contributed by atoms with E-state index in [9.17, 15) is 8.42 Å². The second-order valence-corrected chi connectivity index (χ2v) is 6.07. The van der Waals surface area contributed by atoms with Crippen molar-refractivity contribution in [2.24, 2.45) is 5.73 Å². The van der Waals surface area contributed by atoms with E-state index >= 15 is 0 Å². The topological polar surface area (TPSA) is 68.3 Å². The highest BCUT2D eigenvalue weighted by Gasteiger charge is 2.22. The Balaban J connectivity index is 3.14. The van der Waals surface area contributed by atoms with Gasteiger partial charge < -0.3 is 10.3 Å². The highest BCUT2D eigenvalue weighted by atomic mass is 32.2. The van der Waals surface area contributed by atoms with Gasteiger partial charge in [0.2, 0.25) is 10.0 Å². The molecule has 0 amide bonds. The number of hydrogen-bond acceptors (Lipinski definition) is 3. The van der Waals surface area contributed by atoms with Crippen molar-refractivity contribution >= 4 is 10.0 Å². The first-order valence-electron chi connectivity index (χ1n) is 5.76. The van der Waals surface area contributed by atoms with Crippen molar-refractivity contribution in [2.45, 2.75) is 31.3 Å². The van der Waals surface area contributed by atoms with Gasteiger partial charge in [-0.15, -0.1) is 6.42 Å². The van der Waals surface area contributed by atoms with Crippen LogP contribution in [-0.4, -0.2) is 30.9 Å². The van der Waals surface area contributed by atoms with Crippen LogP contribution in [-0.2, 0) is 23.1 Å². The molecule has 1 aromatic heterocycles. The lowest BCUT2D eigenvalue weighted by Gasteiger charge is -2.12. The van der Waals surface area contributed by atoms with E-state index in [1.54, 1.807) is 12.3 Å². The number of aromatic nitrogens is 1. The Morgan fingerprint density at radius 2 is 2.22 bits per heavy atom. The van der Waals surface area contributed by atoms with Crippen molar-refractivity contribution in [1.82, 2.24) is 8.87 Å². The second-order valence-electron chi connectivity index (χ2n) is 4.03. The van der Waals surface area contributed by atoms with Crippen LogP contribution in [0.1, 0.15) is 19.0 Å². The number of sulfonamides is 1. The Kier molecular flexibility index (Phi) is 4.96. The predicted molar refractivity (Wildman–Crippen MR) is 71.3 cm³/mol. The van der Waals surface area contributed by atoms with Crippen LogP contribution in [0, 0.1) is 12.3 Å². The van der Waals surface area contributed by atoms with Gasteiger partial charge in [-0.2, -0.15) is 4.31 Å². The lowest BCUT2D eigenvalue weighted by molar-refractivity contribution is 0.502. The van der Waals surface area contributed by atoms with Crippen LogP contribution in [0.3, 0.4) is 0 Å². The summed E-state index contributed by atoms with van der Waals surface area (Å²) < 4.78 is 27.4. The summed E-state index contributed by atoms with van der Waals surface area (Å²) in [5.41, 5.74) is 6.42. The van der Waals surface area contributed by atoms with Crippen LogP contribution in [0.4, 0.5) is 0 Å². The third kappa shape index (κ3) is 2.93. The molecule has 0 fully saturated rings. The fourth-order valence-corrected chi connectivity index (χ4v) is 2.83. The van der Waals surface area contributed by atoms with Crippen molar-refractivity contribution in [2.75, 3.05) is 13.6 Å². The molecule has 1 heterocycles. The molecule has 0 atom stereocenters. The zero-order valence-corrected chi connectivity index (χ0v) is 11.6. The summed E-state index contributed by atoms with van der Waals surface area (Å²) in [4.78, 5) is 0.245. The SMILES string of the molecule is C#CCN(C)S(=O)(=O)c1cc(CN)n(CCC)c1. The van der Waals surface area contributed by atoms with E-state index in [2.05, 4.69) is 5.92 Å². The molecule has 0 aliphatic heterocycles. The standard InChI is InChI=1S/C12H19N3O2S/c1-4-6-14(3)18(16,17)12-8-11(9-13)15(10-12)7-5-2/h1,8,10H,5-7,9,13H2,2-3H3. The Hall–Kier alpha value is -1.29. The van der Waals surface area contributed by atoms with E-state index in [0.29, 0.717) is 6.54 Å². The predicted octanol–water partition coefficient (Wildman–Crippen LogP) is 0.611. The molecule has 0 radical (unpaired) electrons. The van der Waals surface area contributed by atoms with Crippen molar-refractivity contribution in [3.63, 3.8) is 0 Å². The quantitative estimate of drug-likeness (QED) is 0.769. The fraction of sp³-hybridized carbons (Fsp3) is 0.500. The molecule has 0 aromatic carbocycles. The molecule has 6 heteroatoms. The zero-order valence-electron chi connectivity index (χ0n) is 10.8. The number of hydrogen-bond donors (Lipinski definition) is 1. The van der Waals surface area contributed by atoms with Gasteiger partial charge in [0, 0.05) is 32.0 Å². The molecule has 1 aromatic rings. The maximum atomic E-state index is 12.2. The van der Waals surface area contributed by atoms with E-state index in [4.69, 9.17) is 12.2 Å². The third-order valence-corrected chi connectivity index (χ3v) is 4.43. The molecule has 0 saturated carbocycles. The molecule has 0 aliphatic rings. The van der Waals surface area contributed by atoms with Gasteiger partial charge in [-0.1, -0.05) is 12.8 Å². The average Bonchev–Trinajstić information content (AvgIpc) is 2.73. The molecule has 0 spiro atoms. The van der Waals surface area contributed by atoms with Gasteiger partial charge in [0.25, 0.3) is 0 Å². The number of rotatable bonds is 6. The van der Waals surface area contributed by atoms with Gasteiger partial charge in [0.15, 0.2) is 0 Å². The first-order chi connectivity index (χ1) is 8.47. The van der Waals surface area contributed by atoms with E-state index in [1.807, 2.05) is 11.5 Å². The molecule has 2 N–H and O–H groups in total. The van der Waals surface area contributed by atoms with Crippen LogP contribution in [0.2, 0.25) is 0 Å². The van der Waals surface area contributed by atoms with Gasteiger partial charge in [-0.3, -0.25) is 0 Å². The Labute approximate surface area is 109 Å². The summed E-state index contributed by atoms with van der Waals surface area (Å²) in [7, 11) is -2.05. The third-order valence-electron chi connectivity index (χ3n) is 2.66. The highest BCUT2D eigenvalue weighted by molar-refractivity contribution is 7.89. The first-order valence-corrected chi connectivity index (χ1v) is 7.20. The van der Waals surface area contributed by atoms with Gasteiger partial charge in [0.1, 0.15) is 4.90 Å².